The van der Waals surface area contributed by atoms with E-state index in [0.717, 1.165) is 12.1 Å². The number of sulfonamides is 1. The van der Waals surface area contributed by atoms with Crippen LogP contribution < -0.4 is 9.04 Å². The Kier molecular flexibility index (Phi) is 5.39. The summed E-state index contributed by atoms with van der Waals surface area (Å²) in [7, 11) is -3.86. The van der Waals surface area contributed by atoms with Crippen molar-refractivity contribution in [1.82, 2.24) is 0 Å². The molecular formula is C17H18FNO3S. The highest BCUT2D eigenvalue weighted by molar-refractivity contribution is 7.92. The highest BCUT2D eigenvalue weighted by Gasteiger charge is 2.26. The Bertz CT molecular complexity index is 773. The van der Waals surface area contributed by atoms with Crippen LogP contribution >= 0.6 is 0 Å². The number of rotatable bonds is 7. The fourth-order valence-electron chi connectivity index (χ4n) is 2.12. The van der Waals surface area contributed by atoms with Gasteiger partial charge in [0.05, 0.1) is 23.7 Å². The van der Waals surface area contributed by atoms with Crippen molar-refractivity contribution in [2.75, 3.05) is 17.5 Å². The molecule has 0 saturated carbocycles. The molecule has 23 heavy (non-hydrogen) atoms. The lowest BCUT2D eigenvalue weighted by atomic mass is 10.3. The summed E-state index contributed by atoms with van der Waals surface area (Å²) in [6, 6.07) is 11.6. The standard InChI is InChI=1S/C17H18FNO3S/c1-3-13-19(16-7-5-6-8-17(16)22-4-2)23(20,21)15-11-9-14(18)10-12-15/h3,5-12H,1,4,13H2,2H3. The molecule has 0 aliphatic rings. The molecule has 0 unspecified atom stereocenters. The second kappa shape index (κ2) is 7.28. The van der Waals surface area contributed by atoms with Gasteiger partial charge in [0.2, 0.25) is 0 Å². The zero-order valence-electron chi connectivity index (χ0n) is 12.8. The third-order valence-electron chi connectivity index (χ3n) is 3.13. The minimum atomic E-state index is -3.86. The van der Waals surface area contributed by atoms with Gasteiger partial charge in [0, 0.05) is 0 Å². The Hall–Kier alpha value is -2.34. The fraction of sp³-hybridized carbons (Fsp3) is 0.176. The van der Waals surface area contributed by atoms with Gasteiger partial charge in [-0.05, 0) is 43.3 Å². The summed E-state index contributed by atoms with van der Waals surface area (Å²) in [5.74, 6) is -0.0310. The molecular weight excluding hydrogens is 317 g/mol. The lowest BCUT2D eigenvalue weighted by Crippen LogP contribution is -2.31. The van der Waals surface area contributed by atoms with Crippen molar-refractivity contribution in [2.24, 2.45) is 0 Å². The van der Waals surface area contributed by atoms with Gasteiger partial charge in [0.25, 0.3) is 10.0 Å². The number of halogens is 1. The van der Waals surface area contributed by atoms with Crippen molar-refractivity contribution in [3.05, 3.63) is 67.0 Å². The molecule has 0 fully saturated rings. The van der Waals surface area contributed by atoms with E-state index in [1.807, 2.05) is 6.92 Å². The van der Waals surface area contributed by atoms with Gasteiger partial charge in [0.1, 0.15) is 11.6 Å². The minimum absolute atomic E-state index is 0.00653. The number of para-hydroxylation sites is 2. The zero-order chi connectivity index (χ0) is 16.9. The van der Waals surface area contributed by atoms with Gasteiger partial charge in [-0.1, -0.05) is 18.2 Å². The van der Waals surface area contributed by atoms with Gasteiger partial charge in [-0.25, -0.2) is 12.8 Å². The molecule has 2 rings (SSSR count). The SMILES string of the molecule is C=CCN(c1ccccc1OCC)S(=O)(=O)c1ccc(F)cc1. The third-order valence-corrected chi connectivity index (χ3v) is 4.92. The largest absolute Gasteiger partial charge is 0.492 e. The van der Waals surface area contributed by atoms with E-state index in [4.69, 9.17) is 4.74 Å². The molecule has 2 aromatic carbocycles. The molecule has 6 heteroatoms. The van der Waals surface area contributed by atoms with Crippen molar-refractivity contribution in [1.29, 1.82) is 0 Å². The van der Waals surface area contributed by atoms with E-state index in [2.05, 4.69) is 6.58 Å². The topological polar surface area (TPSA) is 46.6 Å². The van der Waals surface area contributed by atoms with Crippen LogP contribution in [0.5, 0.6) is 5.75 Å². The van der Waals surface area contributed by atoms with Crippen LogP contribution in [0.3, 0.4) is 0 Å². The number of nitrogens with zero attached hydrogens (tertiary/aromatic N) is 1. The van der Waals surface area contributed by atoms with Crippen LogP contribution in [0.25, 0.3) is 0 Å². The molecule has 0 radical (unpaired) electrons. The maximum absolute atomic E-state index is 13.1. The molecule has 0 heterocycles. The Morgan fingerprint density at radius 2 is 1.83 bits per heavy atom. The van der Waals surface area contributed by atoms with Gasteiger partial charge in [0.15, 0.2) is 0 Å². The average molecular weight is 335 g/mol. The molecule has 2 aromatic rings. The minimum Gasteiger partial charge on any atom is -0.492 e. The van der Waals surface area contributed by atoms with Crippen molar-refractivity contribution in [3.63, 3.8) is 0 Å². The molecule has 122 valence electrons. The molecule has 0 N–H and O–H groups in total. The van der Waals surface area contributed by atoms with Crippen LogP contribution in [0, 0.1) is 5.82 Å². The normalized spacial score (nSPS) is 11.0. The highest BCUT2D eigenvalue weighted by atomic mass is 32.2. The summed E-state index contributed by atoms with van der Waals surface area (Å²) in [6.45, 7) is 5.92. The van der Waals surface area contributed by atoms with Crippen LogP contribution in [-0.2, 0) is 10.0 Å². The molecule has 0 atom stereocenters. The Morgan fingerprint density at radius 3 is 2.43 bits per heavy atom. The lowest BCUT2D eigenvalue weighted by molar-refractivity contribution is 0.341. The van der Waals surface area contributed by atoms with Crippen LogP contribution in [0.15, 0.2) is 66.1 Å². The predicted molar refractivity (Wildman–Crippen MR) is 88.7 cm³/mol. The Labute approximate surface area is 135 Å². The Morgan fingerprint density at radius 1 is 1.17 bits per heavy atom. The molecule has 0 aliphatic heterocycles. The highest BCUT2D eigenvalue weighted by Crippen LogP contribution is 2.32. The summed E-state index contributed by atoms with van der Waals surface area (Å²) >= 11 is 0. The zero-order valence-corrected chi connectivity index (χ0v) is 13.6. The van der Waals surface area contributed by atoms with E-state index >= 15 is 0 Å². The second-order valence-corrected chi connectivity index (χ2v) is 6.54. The third kappa shape index (κ3) is 3.71. The quantitative estimate of drug-likeness (QED) is 0.726. The summed E-state index contributed by atoms with van der Waals surface area (Å²) in [5, 5.41) is 0. The van der Waals surface area contributed by atoms with E-state index in [1.165, 1.54) is 22.5 Å². The number of hydrogen-bond donors (Lipinski definition) is 0. The summed E-state index contributed by atoms with van der Waals surface area (Å²) in [4.78, 5) is 0.00653. The van der Waals surface area contributed by atoms with Crippen LogP contribution in [0.4, 0.5) is 10.1 Å². The summed E-state index contributed by atoms with van der Waals surface area (Å²) in [5.41, 5.74) is 0.415. The van der Waals surface area contributed by atoms with Gasteiger partial charge >= 0.3 is 0 Å². The van der Waals surface area contributed by atoms with Crippen molar-refractivity contribution in [2.45, 2.75) is 11.8 Å². The first kappa shape index (κ1) is 17.0. The van der Waals surface area contributed by atoms with Gasteiger partial charge < -0.3 is 4.74 Å². The molecule has 0 aromatic heterocycles. The first-order valence-corrected chi connectivity index (χ1v) is 8.55. The molecule has 0 spiro atoms. The van der Waals surface area contributed by atoms with E-state index in [-0.39, 0.29) is 11.4 Å². The maximum atomic E-state index is 13.1. The molecule has 0 amide bonds. The van der Waals surface area contributed by atoms with Gasteiger partial charge in [-0.15, -0.1) is 6.58 Å². The van der Waals surface area contributed by atoms with E-state index in [0.29, 0.717) is 18.0 Å². The first-order valence-electron chi connectivity index (χ1n) is 7.11. The number of ether oxygens (including phenoxy) is 1. The van der Waals surface area contributed by atoms with Gasteiger partial charge in [-0.3, -0.25) is 4.31 Å². The second-order valence-electron chi connectivity index (χ2n) is 4.68. The maximum Gasteiger partial charge on any atom is 0.264 e. The van der Waals surface area contributed by atoms with E-state index < -0.39 is 15.8 Å². The fourth-order valence-corrected chi connectivity index (χ4v) is 3.56. The lowest BCUT2D eigenvalue weighted by Gasteiger charge is -2.25. The van der Waals surface area contributed by atoms with E-state index in [9.17, 15) is 12.8 Å². The average Bonchev–Trinajstić information content (AvgIpc) is 2.54. The van der Waals surface area contributed by atoms with Crippen molar-refractivity contribution >= 4 is 15.7 Å². The van der Waals surface area contributed by atoms with Gasteiger partial charge in [-0.2, -0.15) is 0 Å². The number of anilines is 1. The smallest absolute Gasteiger partial charge is 0.264 e. The monoisotopic (exact) mass is 335 g/mol. The molecule has 0 saturated heterocycles. The van der Waals surface area contributed by atoms with Crippen LogP contribution in [-0.4, -0.2) is 21.6 Å². The summed E-state index contributed by atoms with van der Waals surface area (Å²) < 4.78 is 45.6. The van der Waals surface area contributed by atoms with Crippen LogP contribution in [0.1, 0.15) is 6.92 Å². The Balaban J connectivity index is 2.53. The predicted octanol–water partition coefficient (Wildman–Crippen LogP) is 3.61. The molecule has 4 nitrogen and oxygen atoms in total. The van der Waals surface area contributed by atoms with Crippen molar-refractivity contribution in [3.8, 4) is 5.75 Å². The molecule has 0 bridgehead atoms. The van der Waals surface area contributed by atoms with E-state index in [1.54, 1.807) is 24.3 Å². The van der Waals surface area contributed by atoms with Crippen molar-refractivity contribution < 1.29 is 17.5 Å². The number of benzene rings is 2. The first-order chi connectivity index (χ1) is 11.0. The molecule has 0 aliphatic carbocycles. The summed E-state index contributed by atoms with van der Waals surface area (Å²) in [6.07, 6.45) is 1.49. The van der Waals surface area contributed by atoms with Crippen LogP contribution in [0.2, 0.25) is 0 Å². The number of hydrogen-bond acceptors (Lipinski definition) is 3.